The van der Waals surface area contributed by atoms with Crippen LogP contribution in [0.5, 0.6) is 5.75 Å². The average Bonchev–Trinajstić information content (AvgIpc) is 3.55. The molecule has 0 aliphatic heterocycles. The largest absolute Gasteiger partial charge is 0.495 e. The maximum Gasteiger partial charge on any atom is 0.143 e. The van der Waals surface area contributed by atoms with Crippen LogP contribution in [-0.4, -0.2) is 26.5 Å². The topological polar surface area (TPSA) is 55.0 Å². The van der Waals surface area contributed by atoms with Gasteiger partial charge in [0.1, 0.15) is 11.4 Å². The summed E-state index contributed by atoms with van der Waals surface area (Å²) in [5.41, 5.74) is 5.06. The average molecular weight is 407 g/mol. The molecule has 4 nitrogen and oxygen atoms in total. The van der Waals surface area contributed by atoms with Crippen molar-refractivity contribution >= 4 is 32.7 Å². The number of benzene rings is 2. The summed E-state index contributed by atoms with van der Waals surface area (Å²) in [7, 11) is 0.765. The predicted octanol–water partition coefficient (Wildman–Crippen LogP) is 6.00. The Kier molecular flexibility index (Phi) is 5.41. The molecule has 1 N–H and O–H groups in total. The molecule has 0 saturated heterocycles. The van der Waals surface area contributed by atoms with Gasteiger partial charge in [0, 0.05) is 27.1 Å². The van der Waals surface area contributed by atoms with Crippen molar-refractivity contribution in [2.75, 3.05) is 7.11 Å². The summed E-state index contributed by atoms with van der Waals surface area (Å²) in [5.74, 6) is 0.794. The van der Waals surface area contributed by atoms with E-state index < -0.39 is 10.8 Å². The molecule has 1 aliphatic rings. The van der Waals surface area contributed by atoms with Gasteiger partial charge in [-0.15, -0.1) is 0 Å². The first-order valence-electron chi connectivity index (χ1n) is 10.1. The van der Waals surface area contributed by atoms with Crippen LogP contribution in [0.4, 0.5) is 0 Å². The van der Waals surface area contributed by atoms with E-state index in [0.29, 0.717) is 5.25 Å². The zero-order valence-corrected chi connectivity index (χ0v) is 18.1. The summed E-state index contributed by atoms with van der Waals surface area (Å²) in [6, 6.07) is 14.3. The van der Waals surface area contributed by atoms with Crippen LogP contribution in [-0.2, 0) is 10.8 Å². The van der Waals surface area contributed by atoms with E-state index in [2.05, 4.69) is 34.2 Å². The van der Waals surface area contributed by atoms with Crippen LogP contribution in [0.1, 0.15) is 32.3 Å². The van der Waals surface area contributed by atoms with Crippen molar-refractivity contribution in [2.45, 2.75) is 43.8 Å². The molecule has 0 spiro atoms. The fourth-order valence-corrected chi connectivity index (χ4v) is 5.04. The number of nitrogens with zero attached hydrogens (tertiary/aromatic N) is 1. The van der Waals surface area contributed by atoms with Crippen LogP contribution in [0.3, 0.4) is 0 Å². The van der Waals surface area contributed by atoms with Crippen LogP contribution in [0.25, 0.3) is 33.1 Å². The summed E-state index contributed by atoms with van der Waals surface area (Å²) in [6.07, 6.45) is 4.00. The van der Waals surface area contributed by atoms with E-state index in [1.165, 1.54) is 0 Å². The lowest BCUT2D eigenvalue weighted by atomic mass is 9.99. The number of hydrogen-bond acceptors (Lipinski definition) is 3. The summed E-state index contributed by atoms with van der Waals surface area (Å²) in [6.45, 7) is 6.05. The SMILES string of the molecule is CC.COc1ccc(-c2cccc(S(=O)C3CC3)c2)c2c1[nH]c1ncc(C)cc12. The van der Waals surface area contributed by atoms with E-state index in [4.69, 9.17) is 4.74 Å². The first kappa shape index (κ1) is 19.6. The number of pyridine rings is 1. The second-order valence-corrected chi connectivity index (χ2v) is 8.86. The van der Waals surface area contributed by atoms with E-state index in [1.54, 1.807) is 7.11 Å². The molecule has 1 unspecified atom stereocenters. The highest BCUT2D eigenvalue weighted by atomic mass is 32.2. The maximum atomic E-state index is 12.6. The lowest BCUT2D eigenvalue weighted by Gasteiger charge is -2.10. The quantitative estimate of drug-likeness (QED) is 0.452. The van der Waals surface area contributed by atoms with Gasteiger partial charge >= 0.3 is 0 Å². The number of aromatic nitrogens is 2. The van der Waals surface area contributed by atoms with Crippen LogP contribution < -0.4 is 4.74 Å². The number of methoxy groups -OCH3 is 1. The molecule has 0 bridgehead atoms. The molecule has 29 heavy (non-hydrogen) atoms. The Balaban J connectivity index is 0.000000994. The van der Waals surface area contributed by atoms with E-state index in [1.807, 2.05) is 45.2 Å². The van der Waals surface area contributed by atoms with E-state index in [-0.39, 0.29) is 0 Å². The summed E-state index contributed by atoms with van der Waals surface area (Å²) in [4.78, 5) is 8.86. The van der Waals surface area contributed by atoms with E-state index in [0.717, 1.165) is 62.1 Å². The van der Waals surface area contributed by atoms with Gasteiger partial charge in [-0.2, -0.15) is 0 Å². The molecule has 2 aromatic heterocycles. The Hall–Kier alpha value is -2.66. The monoisotopic (exact) mass is 406 g/mol. The molecule has 150 valence electrons. The summed E-state index contributed by atoms with van der Waals surface area (Å²) < 4.78 is 18.2. The molecule has 2 heterocycles. The van der Waals surface area contributed by atoms with Crippen molar-refractivity contribution in [3.8, 4) is 16.9 Å². The molecular weight excluding hydrogens is 380 g/mol. The minimum absolute atomic E-state index is 0.330. The van der Waals surface area contributed by atoms with Crippen molar-refractivity contribution in [1.29, 1.82) is 0 Å². The zero-order chi connectivity index (χ0) is 20.5. The number of ether oxygens (including phenoxy) is 1. The second-order valence-electron chi connectivity index (χ2n) is 7.12. The number of rotatable bonds is 4. The summed E-state index contributed by atoms with van der Waals surface area (Å²) in [5, 5.41) is 2.50. The highest BCUT2D eigenvalue weighted by Gasteiger charge is 2.29. The number of aryl methyl sites for hydroxylation is 1. The van der Waals surface area contributed by atoms with Crippen molar-refractivity contribution in [1.82, 2.24) is 9.97 Å². The number of fused-ring (bicyclic) bond motifs is 3. The normalized spacial score (nSPS) is 14.5. The molecule has 1 atom stereocenters. The van der Waals surface area contributed by atoms with Crippen molar-refractivity contribution in [3.63, 3.8) is 0 Å². The van der Waals surface area contributed by atoms with Gasteiger partial charge in [-0.1, -0.05) is 26.0 Å². The van der Waals surface area contributed by atoms with Gasteiger partial charge in [0.05, 0.1) is 23.4 Å². The van der Waals surface area contributed by atoms with Crippen molar-refractivity contribution in [3.05, 3.63) is 54.2 Å². The summed E-state index contributed by atoms with van der Waals surface area (Å²) >= 11 is 0. The minimum atomic E-state index is -0.914. The Labute approximate surface area is 173 Å². The van der Waals surface area contributed by atoms with Crippen LogP contribution in [0.2, 0.25) is 0 Å². The van der Waals surface area contributed by atoms with Gasteiger partial charge in [0.2, 0.25) is 0 Å². The van der Waals surface area contributed by atoms with E-state index in [9.17, 15) is 4.21 Å². The molecule has 4 aromatic rings. The predicted molar refractivity (Wildman–Crippen MR) is 121 cm³/mol. The van der Waals surface area contributed by atoms with Gasteiger partial charge in [0.15, 0.2) is 0 Å². The molecule has 5 rings (SSSR count). The standard InChI is InChI=1S/C22H20N2O2S.C2H6/c1-13-10-18-20-17(8-9-19(26-2)21(20)24-22(18)23-12-13)14-4-3-5-16(11-14)27(25)15-6-7-15;1-2/h3-5,8-12,15H,6-7H2,1-2H3,(H,23,24);1-2H3. The molecule has 2 aromatic carbocycles. The second kappa shape index (κ2) is 7.99. The van der Waals surface area contributed by atoms with Crippen molar-refractivity contribution < 1.29 is 8.95 Å². The smallest absolute Gasteiger partial charge is 0.143 e. The van der Waals surface area contributed by atoms with Crippen molar-refractivity contribution in [2.24, 2.45) is 0 Å². The lowest BCUT2D eigenvalue weighted by Crippen LogP contribution is -1.97. The first-order valence-corrected chi connectivity index (χ1v) is 11.3. The van der Waals surface area contributed by atoms with Crippen LogP contribution in [0.15, 0.2) is 53.6 Å². The highest BCUT2D eigenvalue weighted by molar-refractivity contribution is 7.86. The van der Waals surface area contributed by atoms with E-state index >= 15 is 0 Å². The lowest BCUT2D eigenvalue weighted by molar-refractivity contribution is 0.419. The van der Waals surface area contributed by atoms with Gasteiger partial charge in [0.25, 0.3) is 0 Å². The first-order chi connectivity index (χ1) is 14.2. The van der Waals surface area contributed by atoms with Gasteiger partial charge < -0.3 is 9.72 Å². The third-order valence-corrected chi connectivity index (χ3v) is 6.92. The number of hydrogen-bond donors (Lipinski definition) is 1. The Morgan fingerprint density at radius 1 is 1.14 bits per heavy atom. The van der Waals surface area contributed by atoms with Gasteiger partial charge in [-0.3, -0.25) is 4.21 Å². The Morgan fingerprint density at radius 2 is 1.93 bits per heavy atom. The van der Waals surface area contributed by atoms with Crippen LogP contribution >= 0.6 is 0 Å². The minimum Gasteiger partial charge on any atom is -0.495 e. The molecule has 1 aliphatic carbocycles. The fourth-order valence-electron chi connectivity index (χ4n) is 3.64. The number of H-pyrrole nitrogens is 1. The molecule has 1 saturated carbocycles. The fraction of sp³-hybridized carbons (Fsp3) is 0.292. The van der Waals surface area contributed by atoms with Gasteiger partial charge in [-0.05, 0) is 66.8 Å². The maximum absolute atomic E-state index is 12.6. The highest BCUT2D eigenvalue weighted by Crippen LogP contribution is 2.40. The zero-order valence-electron chi connectivity index (χ0n) is 17.3. The van der Waals surface area contributed by atoms with Gasteiger partial charge in [-0.25, -0.2) is 4.98 Å². The molecule has 0 amide bonds. The third kappa shape index (κ3) is 3.55. The third-order valence-electron chi connectivity index (χ3n) is 5.13. The Bertz CT molecular complexity index is 1210. The Morgan fingerprint density at radius 3 is 2.66 bits per heavy atom. The molecule has 1 fully saturated rings. The molecule has 0 radical (unpaired) electrons. The number of aromatic amines is 1. The van der Waals surface area contributed by atoms with Crippen LogP contribution in [0, 0.1) is 6.92 Å². The number of nitrogens with one attached hydrogen (secondary N) is 1. The molecule has 5 heteroatoms. The molecular formula is C24H26N2O2S.